The highest BCUT2D eigenvalue weighted by atomic mass is 32.2. The Hall–Kier alpha value is -2.41. The zero-order valence-electron chi connectivity index (χ0n) is 28.2. The van der Waals surface area contributed by atoms with E-state index < -0.39 is 0 Å². The lowest BCUT2D eigenvalue weighted by atomic mass is 10.0. The molecule has 0 spiro atoms. The maximum atomic E-state index is 13.1. The Kier molecular flexibility index (Phi) is 24.7. The minimum atomic E-state index is -0.305. The number of ether oxygens (including phenoxy) is 8. The van der Waals surface area contributed by atoms with Crippen molar-refractivity contribution in [3.05, 3.63) is 10.4 Å². The van der Waals surface area contributed by atoms with E-state index in [1.54, 1.807) is 4.90 Å². The number of unbranched alkanes of at least 4 members (excludes halogenated alkanes) is 1. The molecule has 48 heavy (non-hydrogen) atoms. The summed E-state index contributed by atoms with van der Waals surface area (Å²) in [5.41, 5.74) is 8.24. The van der Waals surface area contributed by atoms with Gasteiger partial charge >= 0.3 is 12.0 Å². The number of carbonyl (C=O) groups is 3. The zero-order chi connectivity index (χ0) is 34.5. The van der Waals surface area contributed by atoms with Crippen molar-refractivity contribution in [1.82, 2.24) is 15.5 Å². The Labute approximate surface area is 287 Å². The van der Waals surface area contributed by atoms with E-state index >= 15 is 0 Å². The molecule has 2 saturated heterocycles. The Morgan fingerprint density at radius 2 is 1.33 bits per heavy atom. The molecule has 2 aliphatic heterocycles. The maximum absolute atomic E-state index is 13.1. The molecule has 2 aliphatic rings. The topological polar surface area (TPSA) is 201 Å². The molecule has 2 fully saturated rings. The predicted octanol–water partition coefficient (Wildman–Crippen LogP) is 1.53. The molecule has 3 amide bonds. The lowest BCUT2D eigenvalue weighted by Crippen LogP contribution is -2.37. The molecule has 276 valence electrons. The summed E-state index contributed by atoms with van der Waals surface area (Å²) in [6.07, 6.45) is 3.32. The fraction of sp³-hybridized carbons (Fsp3) is 0.900. The summed E-state index contributed by atoms with van der Waals surface area (Å²) in [6, 6.07) is 0.290. The van der Waals surface area contributed by atoms with Crippen LogP contribution in [0.1, 0.15) is 32.1 Å². The number of azide groups is 1. The first-order chi connectivity index (χ1) is 23.5. The number of fused-ring (bicyclic) bond motifs is 1. The highest BCUT2D eigenvalue weighted by Gasteiger charge is 2.42. The Morgan fingerprint density at radius 1 is 0.792 bits per heavy atom. The molecule has 17 nitrogen and oxygen atoms in total. The van der Waals surface area contributed by atoms with Crippen molar-refractivity contribution in [1.29, 1.82) is 0 Å². The van der Waals surface area contributed by atoms with Crippen LogP contribution in [-0.2, 0) is 47.5 Å². The van der Waals surface area contributed by atoms with Gasteiger partial charge in [-0.25, -0.2) is 4.79 Å². The number of carbonyl (C=O) groups excluding carboxylic acids is 3. The molecule has 0 aromatic carbocycles. The lowest BCUT2D eigenvalue weighted by Gasteiger charge is -2.23. The minimum absolute atomic E-state index is 0.0618. The van der Waals surface area contributed by atoms with Gasteiger partial charge in [-0.1, -0.05) is 11.5 Å². The van der Waals surface area contributed by atoms with Crippen LogP contribution in [0.5, 0.6) is 0 Å². The van der Waals surface area contributed by atoms with Gasteiger partial charge in [-0.3, -0.25) is 9.59 Å². The summed E-state index contributed by atoms with van der Waals surface area (Å²) < 4.78 is 43.0. The van der Waals surface area contributed by atoms with E-state index in [0.29, 0.717) is 124 Å². The van der Waals surface area contributed by atoms with E-state index in [4.69, 9.17) is 38.7 Å². The number of esters is 1. The molecule has 0 saturated carbocycles. The lowest BCUT2D eigenvalue weighted by molar-refractivity contribution is -0.142. The van der Waals surface area contributed by atoms with Gasteiger partial charge in [0.2, 0.25) is 5.91 Å². The predicted molar refractivity (Wildman–Crippen MR) is 177 cm³/mol. The van der Waals surface area contributed by atoms with Crippen molar-refractivity contribution in [3.63, 3.8) is 0 Å². The van der Waals surface area contributed by atoms with Crippen LogP contribution in [-0.4, -0.2) is 165 Å². The molecule has 18 heteroatoms. The summed E-state index contributed by atoms with van der Waals surface area (Å²) in [5.74, 6) is 0.681. The van der Waals surface area contributed by atoms with Crippen molar-refractivity contribution in [2.24, 2.45) is 5.11 Å². The molecular formula is C30H54N6O11S. The zero-order valence-corrected chi connectivity index (χ0v) is 29.0. The molecule has 2 N–H and O–H groups in total. The van der Waals surface area contributed by atoms with Gasteiger partial charge in [-0.2, -0.15) is 11.8 Å². The van der Waals surface area contributed by atoms with E-state index in [1.165, 1.54) is 7.11 Å². The first kappa shape index (κ1) is 41.8. The van der Waals surface area contributed by atoms with Crippen LogP contribution in [0, 0.1) is 0 Å². The van der Waals surface area contributed by atoms with Crippen molar-refractivity contribution in [3.8, 4) is 0 Å². The van der Waals surface area contributed by atoms with Gasteiger partial charge in [0, 0.05) is 42.0 Å². The molecule has 0 aromatic rings. The van der Waals surface area contributed by atoms with Gasteiger partial charge in [-0.05, 0) is 18.4 Å². The second-order valence-electron chi connectivity index (χ2n) is 10.8. The summed E-state index contributed by atoms with van der Waals surface area (Å²) in [6.45, 7) is 6.69. The third kappa shape index (κ3) is 20.2. The Balaban J connectivity index is 1.55. The Bertz CT molecular complexity index is 934. The van der Waals surface area contributed by atoms with Crippen LogP contribution < -0.4 is 10.6 Å². The van der Waals surface area contributed by atoms with Gasteiger partial charge in [0.25, 0.3) is 0 Å². The average Bonchev–Trinajstić information content (AvgIpc) is 3.64. The molecule has 0 bridgehead atoms. The number of rotatable bonds is 32. The number of amides is 3. The van der Waals surface area contributed by atoms with Crippen LogP contribution in [0.3, 0.4) is 0 Å². The summed E-state index contributed by atoms with van der Waals surface area (Å²) in [5, 5.41) is 9.75. The molecule has 0 radical (unpaired) electrons. The van der Waals surface area contributed by atoms with Crippen LogP contribution in [0.4, 0.5) is 4.79 Å². The van der Waals surface area contributed by atoms with Crippen LogP contribution in [0.2, 0.25) is 0 Å². The van der Waals surface area contributed by atoms with Crippen LogP contribution >= 0.6 is 11.8 Å². The number of urea groups is 1. The number of nitrogens with zero attached hydrogens (tertiary/aromatic N) is 4. The highest BCUT2D eigenvalue weighted by Crippen LogP contribution is 2.33. The molecule has 0 aromatic heterocycles. The van der Waals surface area contributed by atoms with Gasteiger partial charge < -0.3 is 53.4 Å². The first-order valence-electron chi connectivity index (χ1n) is 16.6. The largest absolute Gasteiger partial charge is 0.469 e. The number of thioether (sulfide) groups is 1. The molecule has 2 heterocycles. The molecule has 3 atom stereocenters. The van der Waals surface area contributed by atoms with Gasteiger partial charge in [0.05, 0.1) is 118 Å². The Morgan fingerprint density at radius 3 is 1.90 bits per heavy atom. The average molecular weight is 707 g/mol. The number of methoxy groups -OCH3 is 1. The number of hydrogen-bond donors (Lipinski definition) is 2. The van der Waals surface area contributed by atoms with Crippen molar-refractivity contribution >= 4 is 29.7 Å². The molecule has 0 aliphatic carbocycles. The SMILES string of the molecule is COC(=O)CCOCCOCCOCCOCCN(CCOCCOCCOCCN=[N+]=[N-])C(=O)CCCCC1SCC2NC(=O)NC21. The third-order valence-electron chi connectivity index (χ3n) is 7.37. The minimum Gasteiger partial charge on any atom is -0.469 e. The quantitative estimate of drug-likeness (QED) is 0.0256. The van der Waals surface area contributed by atoms with E-state index in [2.05, 4.69) is 25.4 Å². The highest BCUT2D eigenvalue weighted by molar-refractivity contribution is 8.00. The number of hydrogen-bond acceptors (Lipinski definition) is 13. The van der Waals surface area contributed by atoms with Crippen LogP contribution in [0.15, 0.2) is 5.11 Å². The van der Waals surface area contributed by atoms with Gasteiger partial charge in [-0.15, -0.1) is 0 Å². The maximum Gasteiger partial charge on any atom is 0.315 e. The van der Waals surface area contributed by atoms with E-state index in [0.717, 1.165) is 25.0 Å². The smallest absolute Gasteiger partial charge is 0.315 e. The summed E-state index contributed by atoms with van der Waals surface area (Å²) in [4.78, 5) is 40.2. The van der Waals surface area contributed by atoms with Crippen LogP contribution in [0.25, 0.3) is 10.4 Å². The van der Waals surface area contributed by atoms with E-state index in [-0.39, 0.29) is 36.4 Å². The van der Waals surface area contributed by atoms with Crippen molar-refractivity contribution < 1.29 is 52.3 Å². The second-order valence-corrected chi connectivity index (χ2v) is 12.1. The molecule has 3 unspecified atom stereocenters. The monoisotopic (exact) mass is 706 g/mol. The summed E-state index contributed by atoms with van der Waals surface area (Å²) in [7, 11) is 1.34. The third-order valence-corrected chi connectivity index (χ3v) is 8.88. The fourth-order valence-corrected chi connectivity index (χ4v) is 6.39. The normalized spacial score (nSPS) is 18.2. The van der Waals surface area contributed by atoms with Gasteiger partial charge in [0.15, 0.2) is 0 Å². The second kappa shape index (κ2) is 28.4. The number of nitrogens with one attached hydrogen (secondary N) is 2. The van der Waals surface area contributed by atoms with E-state index in [9.17, 15) is 14.4 Å². The molecular weight excluding hydrogens is 652 g/mol. The molecule has 2 rings (SSSR count). The fourth-order valence-electron chi connectivity index (χ4n) is 4.84. The van der Waals surface area contributed by atoms with Crippen molar-refractivity contribution in [2.45, 2.75) is 49.4 Å². The standard InChI is InChI=1S/C30H54N6O11S/c1-40-28(38)6-10-41-14-18-45-22-23-47-21-17-44-13-9-36(8-12-43-16-20-46-19-15-42-11-7-32-35-31)27(37)5-3-2-4-26-29-25(24-48-26)33-30(39)34-29/h25-26,29H,2-24H2,1H3,(H2,33,34,39). The van der Waals surface area contributed by atoms with E-state index in [1.807, 2.05) is 11.8 Å². The van der Waals surface area contributed by atoms with Crippen molar-refractivity contribution in [2.75, 3.05) is 125 Å². The first-order valence-corrected chi connectivity index (χ1v) is 17.7. The van der Waals surface area contributed by atoms with Gasteiger partial charge in [0.1, 0.15) is 0 Å². The summed E-state index contributed by atoms with van der Waals surface area (Å²) >= 11 is 1.88.